The predicted molar refractivity (Wildman–Crippen MR) is 64.3 cm³/mol. The largest absolute Gasteiger partial charge is 0.388 e. The van der Waals surface area contributed by atoms with E-state index in [1.807, 2.05) is 13.8 Å². The van der Waals surface area contributed by atoms with E-state index in [1.54, 1.807) is 6.92 Å². The van der Waals surface area contributed by atoms with Gasteiger partial charge in [0.25, 0.3) is 0 Å². The molecule has 1 rings (SSSR count). The van der Waals surface area contributed by atoms with Gasteiger partial charge in [-0.05, 0) is 20.8 Å². The first-order valence-corrected chi connectivity index (χ1v) is 6.32. The van der Waals surface area contributed by atoms with Crippen LogP contribution >= 0.6 is 0 Å². The Kier molecular flexibility index (Phi) is 6.48. The molecule has 1 fully saturated rings. The Balaban J connectivity index is 2.25. The predicted octanol–water partition coefficient (Wildman–Crippen LogP) is -0.702. The van der Waals surface area contributed by atoms with E-state index in [0.29, 0.717) is 13.2 Å². The van der Waals surface area contributed by atoms with Crippen molar-refractivity contribution in [3.63, 3.8) is 0 Å². The molecule has 0 spiro atoms. The Bertz CT molecular complexity index is 235. The normalized spacial score (nSPS) is 37.2. The molecule has 1 aliphatic rings. The van der Waals surface area contributed by atoms with Crippen LogP contribution in [0.3, 0.4) is 0 Å². The maximum absolute atomic E-state index is 9.72. The SMILES string of the molecule is CC(C)OCCOC[C@H]1OC(C)[C@H](O)[C@@H](O)[C@H]1O. The third-order valence-corrected chi connectivity index (χ3v) is 2.91. The standard InChI is InChI=1S/C12H24O6/c1-7(2)17-5-4-16-6-9-11(14)12(15)10(13)8(3)18-9/h7-15H,4-6H2,1-3H3/t8?,9-,10+,11+,12-/m1/s1. The van der Waals surface area contributed by atoms with Crippen molar-refractivity contribution in [2.24, 2.45) is 0 Å². The Hall–Kier alpha value is -0.240. The minimum Gasteiger partial charge on any atom is -0.388 e. The van der Waals surface area contributed by atoms with Crippen LogP contribution in [0.5, 0.6) is 0 Å². The van der Waals surface area contributed by atoms with Gasteiger partial charge in [-0.25, -0.2) is 0 Å². The Morgan fingerprint density at radius 3 is 2.33 bits per heavy atom. The first-order valence-electron chi connectivity index (χ1n) is 6.32. The summed E-state index contributed by atoms with van der Waals surface area (Å²) in [5, 5.41) is 28.8. The summed E-state index contributed by atoms with van der Waals surface area (Å²) >= 11 is 0. The van der Waals surface area contributed by atoms with E-state index in [9.17, 15) is 15.3 Å². The monoisotopic (exact) mass is 264 g/mol. The zero-order valence-corrected chi connectivity index (χ0v) is 11.2. The minimum absolute atomic E-state index is 0.155. The molecule has 6 heteroatoms. The lowest BCUT2D eigenvalue weighted by atomic mass is 9.96. The maximum atomic E-state index is 9.72. The van der Waals surface area contributed by atoms with E-state index in [0.717, 1.165) is 0 Å². The number of hydrogen-bond donors (Lipinski definition) is 3. The smallest absolute Gasteiger partial charge is 0.111 e. The summed E-state index contributed by atoms with van der Waals surface area (Å²) in [4.78, 5) is 0. The van der Waals surface area contributed by atoms with Gasteiger partial charge in [0.05, 0.1) is 32.0 Å². The molecule has 1 heterocycles. The van der Waals surface area contributed by atoms with Crippen LogP contribution in [-0.2, 0) is 14.2 Å². The van der Waals surface area contributed by atoms with Gasteiger partial charge in [0, 0.05) is 0 Å². The van der Waals surface area contributed by atoms with Crippen LogP contribution in [0.1, 0.15) is 20.8 Å². The fourth-order valence-corrected chi connectivity index (χ4v) is 1.82. The average Bonchev–Trinajstić information content (AvgIpc) is 2.32. The van der Waals surface area contributed by atoms with Gasteiger partial charge in [-0.15, -0.1) is 0 Å². The van der Waals surface area contributed by atoms with Crippen molar-refractivity contribution in [3.8, 4) is 0 Å². The molecule has 0 saturated carbocycles. The van der Waals surface area contributed by atoms with Crippen molar-refractivity contribution in [3.05, 3.63) is 0 Å². The molecule has 0 amide bonds. The molecular weight excluding hydrogens is 240 g/mol. The van der Waals surface area contributed by atoms with Gasteiger partial charge in [-0.3, -0.25) is 0 Å². The van der Waals surface area contributed by atoms with Crippen LogP contribution in [0.25, 0.3) is 0 Å². The van der Waals surface area contributed by atoms with Crippen LogP contribution in [-0.4, -0.2) is 71.8 Å². The molecule has 3 N–H and O–H groups in total. The summed E-state index contributed by atoms with van der Waals surface area (Å²) in [5.41, 5.74) is 0. The highest BCUT2D eigenvalue weighted by atomic mass is 16.6. The number of aliphatic hydroxyl groups excluding tert-OH is 3. The fourth-order valence-electron chi connectivity index (χ4n) is 1.82. The first kappa shape index (κ1) is 15.8. The first-order chi connectivity index (χ1) is 8.43. The number of rotatable bonds is 6. The Morgan fingerprint density at radius 2 is 1.72 bits per heavy atom. The highest BCUT2D eigenvalue weighted by Crippen LogP contribution is 2.21. The lowest BCUT2D eigenvalue weighted by Crippen LogP contribution is -2.57. The summed E-state index contributed by atoms with van der Waals surface area (Å²) in [6.45, 7) is 6.56. The van der Waals surface area contributed by atoms with E-state index in [1.165, 1.54) is 0 Å². The van der Waals surface area contributed by atoms with Crippen molar-refractivity contribution < 1.29 is 29.5 Å². The van der Waals surface area contributed by atoms with E-state index < -0.39 is 30.5 Å². The topological polar surface area (TPSA) is 88.4 Å². The van der Waals surface area contributed by atoms with Gasteiger partial charge in [0.15, 0.2) is 0 Å². The van der Waals surface area contributed by atoms with Gasteiger partial charge in [0.1, 0.15) is 24.4 Å². The molecule has 0 radical (unpaired) electrons. The third-order valence-electron chi connectivity index (χ3n) is 2.91. The fraction of sp³-hybridized carbons (Fsp3) is 1.00. The number of hydrogen-bond acceptors (Lipinski definition) is 6. The molecule has 108 valence electrons. The van der Waals surface area contributed by atoms with Crippen LogP contribution in [0.2, 0.25) is 0 Å². The van der Waals surface area contributed by atoms with Crippen molar-refractivity contribution in [2.75, 3.05) is 19.8 Å². The molecule has 6 nitrogen and oxygen atoms in total. The minimum atomic E-state index is -1.20. The summed E-state index contributed by atoms with van der Waals surface area (Å²) in [6, 6.07) is 0. The molecule has 0 aromatic rings. The molecule has 0 aromatic heterocycles. The van der Waals surface area contributed by atoms with Gasteiger partial charge in [0.2, 0.25) is 0 Å². The van der Waals surface area contributed by atoms with E-state index in [4.69, 9.17) is 14.2 Å². The van der Waals surface area contributed by atoms with Crippen LogP contribution in [0.4, 0.5) is 0 Å². The average molecular weight is 264 g/mol. The van der Waals surface area contributed by atoms with E-state index in [-0.39, 0.29) is 12.7 Å². The highest BCUT2D eigenvalue weighted by Gasteiger charge is 2.41. The van der Waals surface area contributed by atoms with E-state index >= 15 is 0 Å². The lowest BCUT2D eigenvalue weighted by Gasteiger charge is -2.39. The molecule has 18 heavy (non-hydrogen) atoms. The third kappa shape index (κ3) is 4.46. The lowest BCUT2D eigenvalue weighted by molar-refractivity contribution is -0.228. The quantitative estimate of drug-likeness (QED) is 0.550. The van der Waals surface area contributed by atoms with Gasteiger partial charge >= 0.3 is 0 Å². The zero-order valence-electron chi connectivity index (χ0n) is 11.2. The Morgan fingerprint density at radius 1 is 1.06 bits per heavy atom. The molecule has 5 atom stereocenters. The summed E-state index contributed by atoms with van der Waals surface area (Å²) < 4.78 is 16.0. The molecular formula is C12H24O6. The second-order valence-electron chi connectivity index (χ2n) is 4.85. The second-order valence-corrected chi connectivity index (χ2v) is 4.85. The molecule has 1 unspecified atom stereocenters. The van der Waals surface area contributed by atoms with Crippen molar-refractivity contribution >= 4 is 0 Å². The molecule has 0 aliphatic carbocycles. The summed E-state index contributed by atoms with van der Waals surface area (Å²) in [6.07, 6.45) is -4.40. The van der Waals surface area contributed by atoms with Crippen molar-refractivity contribution in [2.45, 2.75) is 57.4 Å². The summed E-state index contributed by atoms with van der Waals surface area (Å²) in [7, 11) is 0. The highest BCUT2D eigenvalue weighted by molar-refractivity contribution is 4.90. The van der Waals surface area contributed by atoms with Crippen LogP contribution in [0, 0.1) is 0 Å². The van der Waals surface area contributed by atoms with Gasteiger partial charge < -0.3 is 29.5 Å². The second kappa shape index (κ2) is 7.37. The summed E-state index contributed by atoms with van der Waals surface area (Å²) in [5.74, 6) is 0. The molecule has 1 saturated heterocycles. The number of aliphatic hydroxyl groups is 3. The van der Waals surface area contributed by atoms with Gasteiger partial charge in [-0.2, -0.15) is 0 Å². The maximum Gasteiger partial charge on any atom is 0.111 e. The number of ether oxygens (including phenoxy) is 3. The van der Waals surface area contributed by atoms with E-state index in [2.05, 4.69) is 0 Å². The Labute approximate surface area is 107 Å². The molecule has 0 aromatic carbocycles. The van der Waals surface area contributed by atoms with Crippen LogP contribution in [0.15, 0.2) is 0 Å². The zero-order chi connectivity index (χ0) is 13.7. The molecule has 1 aliphatic heterocycles. The molecule has 0 bridgehead atoms. The van der Waals surface area contributed by atoms with Crippen LogP contribution < -0.4 is 0 Å². The van der Waals surface area contributed by atoms with Crippen molar-refractivity contribution in [1.82, 2.24) is 0 Å². The van der Waals surface area contributed by atoms with Gasteiger partial charge in [-0.1, -0.05) is 0 Å². The van der Waals surface area contributed by atoms with Crippen molar-refractivity contribution in [1.29, 1.82) is 0 Å².